The van der Waals surface area contributed by atoms with Gasteiger partial charge in [-0.3, -0.25) is 14.5 Å². The van der Waals surface area contributed by atoms with Crippen LogP contribution in [0.1, 0.15) is 29.1 Å². The van der Waals surface area contributed by atoms with Crippen LogP contribution in [0, 0.1) is 0 Å². The molecular formula is C20H15N3O5. The monoisotopic (exact) mass is 377 g/mol. The zero-order valence-corrected chi connectivity index (χ0v) is 14.7. The minimum atomic E-state index is -0.625. The van der Waals surface area contributed by atoms with Gasteiger partial charge in [-0.1, -0.05) is 24.3 Å². The average Bonchev–Trinajstić information content (AvgIpc) is 3.33. The number of hydrogen-bond acceptors (Lipinski definition) is 7. The van der Waals surface area contributed by atoms with Gasteiger partial charge >= 0.3 is 5.97 Å². The average molecular weight is 377 g/mol. The maximum atomic E-state index is 12.3. The Labute approximate surface area is 159 Å². The topological polar surface area (TPSA) is 103 Å². The SMILES string of the molecule is O=C(OCc1nnc(-c2ccccc2)o1)c1cccc(N2C(=O)CCC2=O)c1. The van der Waals surface area contributed by atoms with Gasteiger partial charge in [0.1, 0.15) is 0 Å². The van der Waals surface area contributed by atoms with Crippen molar-refractivity contribution in [3.63, 3.8) is 0 Å². The second-order valence-corrected chi connectivity index (χ2v) is 6.12. The van der Waals surface area contributed by atoms with Crippen LogP contribution in [0.15, 0.2) is 59.0 Å². The Morgan fingerprint density at radius 3 is 2.50 bits per heavy atom. The van der Waals surface area contributed by atoms with E-state index < -0.39 is 5.97 Å². The Bertz CT molecular complexity index is 1030. The quantitative estimate of drug-likeness (QED) is 0.497. The summed E-state index contributed by atoms with van der Waals surface area (Å²) in [7, 11) is 0. The van der Waals surface area contributed by atoms with Crippen LogP contribution in [0.25, 0.3) is 11.5 Å². The predicted octanol–water partition coefficient (Wildman–Crippen LogP) is 2.75. The molecule has 1 aromatic heterocycles. The summed E-state index contributed by atoms with van der Waals surface area (Å²) in [5.41, 5.74) is 1.33. The van der Waals surface area contributed by atoms with Gasteiger partial charge in [0.05, 0.1) is 11.3 Å². The predicted molar refractivity (Wildman–Crippen MR) is 97.0 cm³/mol. The van der Waals surface area contributed by atoms with Gasteiger partial charge in [0.15, 0.2) is 6.61 Å². The molecule has 1 aliphatic rings. The van der Waals surface area contributed by atoms with Gasteiger partial charge in [-0.05, 0) is 30.3 Å². The minimum absolute atomic E-state index is 0.160. The van der Waals surface area contributed by atoms with E-state index in [1.807, 2.05) is 30.3 Å². The van der Waals surface area contributed by atoms with Gasteiger partial charge in [0.25, 0.3) is 5.89 Å². The van der Waals surface area contributed by atoms with E-state index in [1.54, 1.807) is 18.2 Å². The fourth-order valence-corrected chi connectivity index (χ4v) is 2.86. The van der Waals surface area contributed by atoms with Crippen molar-refractivity contribution < 1.29 is 23.5 Å². The molecule has 140 valence electrons. The van der Waals surface area contributed by atoms with Gasteiger partial charge in [-0.25, -0.2) is 4.79 Å². The molecule has 2 aromatic carbocycles. The van der Waals surface area contributed by atoms with E-state index in [0.717, 1.165) is 10.5 Å². The highest BCUT2D eigenvalue weighted by Gasteiger charge is 2.30. The zero-order chi connectivity index (χ0) is 19.5. The van der Waals surface area contributed by atoms with Crippen molar-refractivity contribution in [2.75, 3.05) is 4.90 Å². The molecule has 0 N–H and O–H groups in total. The lowest BCUT2D eigenvalue weighted by Gasteiger charge is -2.14. The van der Waals surface area contributed by atoms with Crippen LogP contribution >= 0.6 is 0 Å². The highest BCUT2D eigenvalue weighted by Crippen LogP contribution is 2.24. The van der Waals surface area contributed by atoms with Gasteiger partial charge < -0.3 is 9.15 Å². The highest BCUT2D eigenvalue weighted by molar-refractivity contribution is 6.20. The summed E-state index contributed by atoms with van der Waals surface area (Å²) in [6.45, 7) is -0.190. The van der Waals surface area contributed by atoms with Crippen molar-refractivity contribution in [3.05, 3.63) is 66.1 Å². The minimum Gasteiger partial charge on any atom is -0.452 e. The molecule has 8 heteroatoms. The van der Waals surface area contributed by atoms with Gasteiger partial charge in [-0.15, -0.1) is 10.2 Å². The number of imide groups is 1. The second kappa shape index (κ2) is 7.43. The Morgan fingerprint density at radius 2 is 1.75 bits per heavy atom. The Balaban J connectivity index is 1.43. The lowest BCUT2D eigenvalue weighted by molar-refractivity contribution is -0.121. The van der Waals surface area contributed by atoms with Crippen LogP contribution in [0.2, 0.25) is 0 Å². The number of ether oxygens (including phenoxy) is 1. The van der Waals surface area contributed by atoms with E-state index in [0.29, 0.717) is 11.6 Å². The van der Waals surface area contributed by atoms with E-state index in [9.17, 15) is 14.4 Å². The van der Waals surface area contributed by atoms with Crippen LogP contribution in [-0.4, -0.2) is 28.0 Å². The first-order chi connectivity index (χ1) is 13.6. The molecule has 28 heavy (non-hydrogen) atoms. The lowest BCUT2D eigenvalue weighted by Crippen LogP contribution is -2.28. The molecule has 0 aliphatic carbocycles. The van der Waals surface area contributed by atoms with Crippen LogP contribution < -0.4 is 4.90 Å². The molecule has 1 saturated heterocycles. The van der Waals surface area contributed by atoms with Crippen molar-refractivity contribution in [3.8, 4) is 11.5 Å². The van der Waals surface area contributed by atoms with Crippen molar-refractivity contribution in [1.82, 2.24) is 10.2 Å². The first-order valence-corrected chi connectivity index (χ1v) is 8.62. The van der Waals surface area contributed by atoms with Gasteiger partial charge in [0, 0.05) is 18.4 Å². The first kappa shape index (κ1) is 17.6. The van der Waals surface area contributed by atoms with Crippen LogP contribution in [-0.2, 0) is 20.9 Å². The van der Waals surface area contributed by atoms with Gasteiger partial charge in [0.2, 0.25) is 17.7 Å². The fourth-order valence-electron chi connectivity index (χ4n) is 2.86. The fraction of sp³-hybridized carbons (Fsp3) is 0.150. The number of benzene rings is 2. The molecule has 8 nitrogen and oxygen atoms in total. The molecule has 0 saturated carbocycles. The zero-order valence-electron chi connectivity index (χ0n) is 14.7. The van der Waals surface area contributed by atoms with E-state index in [4.69, 9.17) is 9.15 Å². The Hall–Kier alpha value is -3.81. The number of amides is 2. The molecular weight excluding hydrogens is 362 g/mol. The maximum Gasteiger partial charge on any atom is 0.338 e. The number of aromatic nitrogens is 2. The third kappa shape index (κ3) is 3.52. The summed E-state index contributed by atoms with van der Waals surface area (Å²) < 4.78 is 10.7. The lowest BCUT2D eigenvalue weighted by atomic mass is 10.2. The highest BCUT2D eigenvalue weighted by atomic mass is 16.5. The Morgan fingerprint density at radius 1 is 1.00 bits per heavy atom. The first-order valence-electron chi connectivity index (χ1n) is 8.62. The summed E-state index contributed by atoms with van der Waals surface area (Å²) in [5, 5.41) is 7.80. The largest absolute Gasteiger partial charge is 0.452 e. The standard InChI is InChI=1S/C20H15N3O5/c24-17-9-10-18(25)23(17)15-8-4-7-14(11-15)20(26)27-12-16-21-22-19(28-16)13-5-2-1-3-6-13/h1-8,11H,9-10,12H2. The van der Waals surface area contributed by atoms with Crippen LogP contribution in [0.5, 0.6) is 0 Å². The molecule has 0 unspecified atom stereocenters. The van der Waals surface area contributed by atoms with E-state index >= 15 is 0 Å². The Kier molecular flexibility index (Phi) is 4.67. The molecule has 2 heterocycles. The van der Waals surface area contributed by atoms with Crippen molar-refractivity contribution in [2.45, 2.75) is 19.4 Å². The number of hydrogen-bond donors (Lipinski definition) is 0. The molecule has 2 amide bonds. The van der Waals surface area contributed by atoms with Crippen molar-refractivity contribution in [2.24, 2.45) is 0 Å². The molecule has 1 fully saturated rings. The van der Waals surface area contributed by atoms with Crippen LogP contribution in [0.3, 0.4) is 0 Å². The third-order valence-electron chi connectivity index (χ3n) is 4.21. The maximum absolute atomic E-state index is 12.3. The molecule has 4 rings (SSSR count). The van der Waals surface area contributed by atoms with Crippen molar-refractivity contribution >= 4 is 23.5 Å². The molecule has 0 spiro atoms. The third-order valence-corrected chi connectivity index (χ3v) is 4.21. The molecule has 3 aromatic rings. The number of esters is 1. The summed E-state index contributed by atoms with van der Waals surface area (Å²) >= 11 is 0. The van der Waals surface area contributed by atoms with E-state index in [1.165, 1.54) is 6.07 Å². The van der Waals surface area contributed by atoms with E-state index in [2.05, 4.69) is 10.2 Å². The molecule has 0 bridgehead atoms. The summed E-state index contributed by atoms with van der Waals surface area (Å²) in [6.07, 6.45) is 0.350. The number of carbonyl (C=O) groups excluding carboxylic acids is 3. The normalized spacial score (nSPS) is 13.8. The second-order valence-electron chi connectivity index (χ2n) is 6.12. The number of rotatable bonds is 5. The molecule has 0 radical (unpaired) electrons. The molecule has 1 aliphatic heterocycles. The summed E-state index contributed by atoms with van der Waals surface area (Å²) in [6, 6.07) is 15.4. The van der Waals surface area contributed by atoms with E-state index in [-0.39, 0.29) is 42.7 Å². The van der Waals surface area contributed by atoms with Crippen molar-refractivity contribution in [1.29, 1.82) is 0 Å². The number of carbonyl (C=O) groups is 3. The molecule has 0 atom stereocenters. The number of anilines is 1. The number of nitrogens with zero attached hydrogens (tertiary/aromatic N) is 3. The summed E-state index contributed by atoms with van der Waals surface area (Å²) in [4.78, 5) is 37.1. The smallest absolute Gasteiger partial charge is 0.338 e. The van der Waals surface area contributed by atoms with Crippen LogP contribution in [0.4, 0.5) is 5.69 Å². The summed E-state index contributed by atoms with van der Waals surface area (Å²) in [5.74, 6) is -0.696. The van der Waals surface area contributed by atoms with Gasteiger partial charge in [-0.2, -0.15) is 0 Å².